The van der Waals surface area contributed by atoms with Gasteiger partial charge in [-0.1, -0.05) is 0 Å². The standard InChI is InChI=1S/C13H25N5O/c1-9(2)18(10(3)4)6-7-19-13-8-12(17-14)15-11(5)16-13/h8-10H,6-7,14H2,1-5H3,(H,15,16,17). The molecule has 1 rings (SSSR count). The number of hydrazine groups is 1. The summed E-state index contributed by atoms with van der Waals surface area (Å²) < 4.78 is 5.67. The maximum absolute atomic E-state index is 5.67. The Bertz CT molecular complexity index is 387. The van der Waals surface area contributed by atoms with Crippen molar-refractivity contribution < 1.29 is 4.74 Å². The highest BCUT2D eigenvalue weighted by Crippen LogP contribution is 2.12. The van der Waals surface area contributed by atoms with Gasteiger partial charge in [0.25, 0.3) is 0 Å². The quantitative estimate of drug-likeness (QED) is 0.577. The second-order valence-electron chi connectivity index (χ2n) is 5.06. The van der Waals surface area contributed by atoms with E-state index in [9.17, 15) is 0 Å². The maximum Gasteiger partial charge on any atom is 0.218 e. The van der Waals surface area contributed by atoms with Crippen molar-refractivity contribution in [2.75, 3.05) is 18.6 Å². The van der Waals surface area contributed by atoms with Crippen LogP contribution in [0.4, 0.5) is 5.82 Å². The van der Waals surface area contributed by atoms with Crippen molar-refractivity contribution in [2.45, 2.75) is 46.7 Å². The Morgan fingerprint density at radius 1 is 1.26 bits per heavy atom. The molecular weight excluding hydrogens is 242 g/mol. The topological polar surface area (TPSA) is 76.3 Å². The molecule has 0 saturated heterocycles. The van der Waals surface area contributed by atoms with Gasteiger partial charge in [-0.3, -0.25) is 4.90 Å². The van der Waals surface area contributed by atoms with Crippen LogP contribution < -0.4 is 16.0 Å². The molecule has 19 heavy (non-hydrogen) atoms. The van der Waals surface area contributed by atoms with Crippen molar-refractivity contribution in [2.24, 2.45) is 5.84 Å². The summed E-state index contributed by atoms with van der Waals surface area (Å²) in [6, 6.07) is 2.69. The van der Waals surface area contributed by atoms with Gasteiger partial charge in [-0.2, -0.15) is 4.98 Å². The molecule has 0 bridgehead atoms. The largest absolute Gasteiger partial charge is 0.476 e. The van der Waals surface area contributed by atoms with Crippen LogP contribution in [-0.4, -0.2) is 40.1 Å². The van der Waals surface area contributed by atoms with Crippen LogP contribution in [0, 0.1) is 6.92 Å². The summed E-state index contributed by atoms with van der Waals surface area (Å²) in [6.07, 6.45) is 0. The first-order chi connectivity index (χ1) is 8.93. The van der Waals surface area contributed by atoms with Crippen molar-refractivity contribution in [1.82, 2.24) is 14.9 Å². The number of nitrogens with one attached hydrogen (secondary N) is 1. The zero-order valence-corrected chi connectivity index (χ0v) is 12.5. The molecule has 6 nitrogen and oxygen atoms in total. The molecule has 108 valence electrons. The highest BCUT2D eigenvalue weighted by atomic mass is 16.5. The summed E-state index contributed by atoms with van der Waals surface area (Å²) in [5, 5.41) is 0. The summed E-state index contributed by atoms with van der Waals surface area (Å²) in [6.45, 7) is 12.0. The van der Waals surface area contributed by atoms with E-state index in [-0.39, 0.29) is 0 Å². The van der Waals surface area contributed by atoms with E-state index in [0.29, 0.717) is 36.2 Å². The molecule has 1 aromatic heterocycles. The van der Waals surface area contributed by atoms with E-state index >= 15 is 0 Å². The van der Waals surface area contributed by atoms with Gasteiger partial charge in [-0.15, -0.1) is 0 Å². The first kappa shape index (κ1) is 15.7. The zero-order valence-electron chi connectivity index (χ0n) is 12.5. The maximum atomic E-state index is 5.67. The number of nitrogens with zero attached hydrogens (tertiary/aromatic N) is 3. The van der Waals surface area contributed by atoms with E-state index in [1.165, 1.54) is 0 Å². The molecule has 0 unspecified atom stereocenters. The van der Waals surface area contributed by atoms with Gasteiger partial charge in [0.05, 0.1) is 0 Å². The molecule has 0 aromatic carbocycles. The number of ether oxygens (including phenoxy) is 1. The lowest BCUT2D eigenvalue weighted by atomic mass is 10.2. The fourth-order valence-electron chi connectivity index (χ4n) is 2.06. The second-order valence-corrected chi connectivity index (χ2v) is 5.06. The lowest BCUT2D eigenvalue weighted by molar-refractivity contribution is 0.140. The molecular formula is C13H25N5O. The van der Waals surface area contributed by atoms with Crippen molar-refractivity contribution >= 4 is 5.82 Å². The molecule has 0 spiro atoms. The molecule has 0 fully saturated rings. The molecule has 0 saturated carbocycles. The smallest absolute Gasteiger partial charge is 0.218 e. The molecule has 0 aliphatic heterocycles. The Hall–Kier alpha value is -1.40. The Labute approximate surface area is 115 Å². The molecule has 0 aliphatic rings. The Kier molecular flexibility index (Phi) is 5.98. The van der Waals surface area contributed by atoms with Crippen molar-refractivity contribution in [1.29, 1.82) is 0 Å². The van der Waals surface area contributed by atoms with Gasteiger partial charge in [0.1, 0.15) is 18.2 Å². The Morgan fingerprint density at radius 3 is 2.42 bits per heavy atom. The summed E-state index contributed by atoms with van der Waals surface area (Å²) in [5.74, 6) is 7.09. The van der Waals surface area contributed by atoms with Crippen LogP contribution in [0.1, 0.15) is 33.5 Å². The van der Waals surface area contributed by atoms with Crippen molar-refractivity contribution in [3.8, 4) is 5.88 Å². The summed E-state index contributed by atoms with van der Waals surface area (Å²) in [4.78, 5) is 10.7. The third kappa shape index (κ3) is 5.00. The summed E-state index contributed by atoms with van der Waals surface area (Å²) >= 11 is 0. The van der Waals surface area contributed by atoms with Crippen LogP contribution in [0.5, 0.6) is 5.88 Å². The third-order valence-electron chi connectivity index (χ3n) is 2.89. The predicted octanol–water partition coefficient (Wildman–Crippen LogP) is 1.57. The fourth-order valence-corrected chi connectivity index (χ4v) is 2.06. The Balaban J connectivity index is 2.55. The van der Waals surface area contributed by atoms with Crippen LogP contribution in [0.15, 0.2) is 6.07 Å². The normalized spacial score (nSPS) is 11.4. The number of aryl methyl sites for hydroxylation is 1. The molecule has 1 aromatic rings. The predicted molar refractivity (Wildman–Crippen MR) is 77.1 cm³/mol. The van der Waals surface area contributed by atoms with Gasteiger partial charge < -0.3 is 10.2 Å². The zero-order chi connectivity index (χ0) is 14.4. The number of nitrogen functional groups attached to an aromatic ring is 1. The minimum atomic E-state index is 0.497. The average molecular weight is 267 g/mol. The minimum Gasteiger partial charge on any atom is -0.476 e. The lowest BCUT2D eigenvalue weighted by Crippen LogP contribution is -2.39. The number of hydrogen-bond donors (Lipinski definition) is 2. The summed E-state index contributed by atoms with van der Waals surface area (Å²) in [5.41, 5.74) is 2.50. The first-order valence-corrected chi connectivity index (χ1v) is 6.65. The van der Waals surface area contributed by atoms with E-state index in [1.54, 1.807) is 6.07 Å². The number of rotatable bonds is 7. The first-order valence-electron chi connectivity index (χ1n) is 6.65. The number of nitrogens with two attached hydrogens (primary N) is 1. The average Bonchev–Trinajstić information content (AvgIpc) is 2.32. The van der Waals surface area contributed by atoms with E-state index in [2.05, 4.69) is 48.0 Å². The number of anilines is 1. The van der Waals surface area contributed by atoms with Gasteiger partial charge in [0, 0.05) is 24.7 Å². The van der Waals surface area contributed by atoms with Crippen molar-refractivity contribution in [3.63, 3.8) is 0 Å². The highest BCUT2D eigenvalue weighted by molar-refractivity contribution is 5.36. The molecule has 0 amide bonds. The van der Waals surface area contributed by atoms with Gasteiger partial charge in [0.15, 0.2) is 0 Å². The van der Waals surface area contributed by atoms with E-state index < -0.39 is 0 Å². The molecule has 0 radical (unpaired) electrons. The van der Waals surface area contributed by atoms with E-state index in [0.717, 1.165) is 6.54 Å². The molecule has 0 aliphatic carbocycles. The van der Waals surface area contributed by atoms with Crippen LogP contribution >= 0.6 is 0 Å². The number of hydrogen-bond acceptors (Lipinski definition) is 6. The fraction of sp³-hybridized carbons (Fsp3) is 0.692. The van der Waals surface area contributed by atoms with Crippen molar-refractivity contribution in [3.05, 3.63) is 11.9 Å². The van der Waals surface area contributed by atoms with E-state index in [4.69, 9.17) is 10.6 Å². The minimum absolute atomic E-state index is 0.497. The van der Waals surface area contributed by atoms with Gasteiger partial charge in [-0.25, -0.2) is 10.8 Å². The van der Waals surface area contributed by atoms with Crippen LogP contribution in [0.3, 0.4) is 0 Å². The summed E-state index contributed by atoms with van der Waals surface area (Å²) in [7, 11) is 0. The molecule has 0 atom stereocenters. The molecule has 1 heterocycles. The van der Waals surface area contributed by atoms with E-state index in [1.807, 2.05) is 6.92 Å². The van der Waals surface area contributed by atoms with Crippen LogP contribution in [0.2, 0.25) is 0 Å². The van der Waals surface area contributed by atoms with Gasteiger partial charge in [0.2, 0.25) is 5.88 Å². The monoisotopic (exact) mass is 267 g/mol. The van der Waals surface area contributed by atoms with Gasteiger partial charge in [-0.05, 0) is 34.6 Å². The lowest BCUT2D eigenvalue weighted by Gasteiger charge is -2.30. The Morgan fingerprint density at radius 2 is 1.89 bits per heavy atom. The third-order valence-corrected chi connectivity index (χ3v) is 2.89. The SMILES string of the molecule is Cc1nc(NN)cc(OCCN(C(C)C)C(C)C)n1. The highest BCUT2D eigenvalue weighted by Gasteiger charge is 2.13. The second kappa shape index (κ2) is 7.25. The van der Waals surface area contributed by atoms with Gasteiger partial charge >= 0.3 is 0 Å². The molecule has 6 heteroatoms. The number of aromatic nitrogens is 2. The van der Waals surface area contributed by atoms with Crippen LogP contribution in [0.25, 0.3) is 0 Å². The van der Waals surface area contributed by atoms with Crippen LogP contribution in [-0.2, 0) is 0 Å². The molecule has 3 N–H and O–H groups in total.